The van der Waals surface area contributed by atoms with E-state index in [0.717, 1.165) is 12.8 Å². The maximum absolute atomic E-state index is 13.3. The summed E-state index contributed by atoms with van der Waals surface area (Å²) in [5.74, 6) is 2.40. The molecule has 11 heteroatoms. The predicted molar refractivity (Wildman–Crippen MR) is 150 cm³/mol. The molecule has 2 N–H and O–H groups in total. The number of aromatic nitrogens is 2. The molecular formula is C29H50N4O6V. The summed E-state index contributed by atoms with van der Waals surface area (Å²) in [6, 6.07) is 0.00941. The van der Waals surface area contributed by atoms with Crippen molar-refractivity contribution < 1.29 is 36.3 Å². The summed E-state index contributed by atoms with van der Waals surface area (Å²) in [6.45, 7) is 19.6. The van der Waals surface area contributed by atoms with Gasteiger partial charge in [0.15, 0.2) is 0 Å². The molecule has 2 rings (SSSR count). The van der Waals surface area contributed by atoms with Crippen molar-refractivity contribution >= 4 is 5.91 Å². The zero-order valence-corrected chi connectivity index (χ0v) is 27.1. The fourth-order valence-electron chi connectivity index (χ4n) is 5.69. The molecule has 0 radical (unpaired) electrons. The van der Waals surface area contributed by atoms with Crippen LogP contribution in [0.25, 0.3) is 0 Å². The third-order valence-electron chi connectivity index (χ3n) is 9.56. The van der Waals surface area contributed by atoms with E-state index in [2.05, 4.69) is 69.6 Å². The number of hydrogen-bond acceptors (Lipinski definition) is 7. The molecular weight excluding hydrogens is 551 g/mol. The van der Waals surface area contributed by atoms with Crippen LogP contribution in [0.1, 0.15) is 86.4 Å². The Morgan fingerprint density at radius 3 is 2.20 bits per heavy atom. The first-order chi connectivity index (χ1) is 18.9. The number of nitrogens with zero attached hydrogens (tertiary/aromatic N) is 2. The van der Waals surface area contributed by atoms with Crippen molar-refractivity contribution in [3.05, 3.63) is 32.6 Å². The molecule has 227 valence electrons. The number of carbonyl (C=O) groups is 1. The normalized spacial score (nSPS) is 24.4. The fraction of sp³-hybridized carbons (Fsp3) is 0.828. The standard InChI is InChI=1S/C29H50N4O6.V/c1-10-16(3)19(6)21(8)27(22(9)20(7)17(4)11-2)31-25(34)15-37-23-12-26(39-24(23)14-38-30)33-13-18(5)28(35)32-29(33)36;/h13,16-17,19-24,26-27H,10-12,14-15H2,1-9H3,(H,31,34)(H,32,35,36);. The third-order valence-corrected chi connectivity index (χ3v) is 9.74. The van der Waals surface area contributed by atoms with Gasteiger partial charge in [-0.3, -0.25) is 0 Å². The molecule has 1 aliphatic heterocycles. The minimum atomic E-state index is -0.670. The number of nitrogens with one attached hydrogen (secondary N) is 2. The van der Waals surface area contributed by atoms with Gasteiger partial charge in [0.05, 0.1) is 0 Å². The number of aryl methyl sites for hydroxylation is 1. The van der Waals surface area contributed by atoms with Gasteiger partial charge in [0.1, 0.15) is 0 Å². The Morgan fingerprint density at radius 1 is 1.10 bits per heavy atom. The van der Waals surface area contributed by atoms with Crippen LogP contribution in [0.3, 0.4) is 0 Å². The minimum Gasteiger partial charge on any atom is -0.0651 e. The van der Waals surface area contributed by atoms with Gasteiger partial charge < -0.3 is 0 Å². The van der Waals surface area contributed by atoms with Crippen LogP contribution in [0.15, 0.2) is 19.7 Å². The Hall–Kier alpha value is -1.59. The van der Waals surface area contributed by atoms with Crippen LogP contribution in [-0.4, -0.2) is 46.9 Å². The number of amides is 1. The summed E-state index contributed by atoms with van der Waals surface area (Å²) < 4.78 is 17.1. The molecule has 9 unspecified atom stereocenters. The van der Waals surface area contributed by atoms with Gasteiger partial charge in [-0.2, -0.15) is 0 Å². The van der Waals surface area contributed by atoms with Gasteiger partial charge in [-0.15, -0.1) is 0 Å². The Labute approximate surface area is 248 Å². The first kappa shape index (κ1) is 34.6. The summed E-state index contributed by atoms with van der Waals surface area (Å²) in [5.41, 5.74) is -0.602. The summed E-state index contributed by atoms with van der Waals surface area (Å²) in [6.07, 6.45) is 2.26. The second kappa shape index (κ2) is 16.2. The van der Waals surface area contributed by atoms with Gasteiger partial charge in [-0.1, -0.05) is 54.4 Å². The summed E-state index contributed by atoms with van der Waals surface area (Å²) in [7, 11) is 0. The quantitative estimate of drug-likeness (QED) is 0.273. The van der Waals surface area contributed by atoms with Crippen LogP contribution >= 0.6 is 0 Å². The molecule has 0 aliphatic carbocycles. The second-order valence-electron chi connectivity index (χ2n) is 11.9. The average Bonchev–Trinajstić information content (AvgIpc) is 3.35. The SMILES string of the molecule is CCC(C)C(C)C(C)C(NC(=O)COC1CC(n2cc(C)c(=O)[nH]c2=O)OC1CO[N]=[V])C(C)C(C)C(C)CC. The zero-order valence-electron chi connectivity index (χ0n) is 25.7. The van der Waals surface area contributed by atoms with Crippen molar-refractivity contribution in [2.24, 2.45) is 39.5 Å². The fourth-order valence-corrected chi connectivity index (χ4v) is 5.79. The van der Waals surface area contributed by atoms with Gasteiger partial charge in [0, 0.05) is 0 Å². The van der Waals surface area contributed by atoms with Crippen molar-refractivity contribution in [3.8, 4) is 0 Å². The zero-order chi connectivity index (χ0) is 30.1. The Bertz CT molecular complexity index is 1060. The van der Waals surface area contributed by atoms with Crippen LogP contribution in [0.2, 0.25) is 0 Å². The molecule has 2 heterocycles. The van der Waals surface area contributed by atoms with Crippen molar-refractivity contribution in [1.82, 2.24) is 14.9 Å². The van der Waals surface area contributed by atoms with Crippen LogP contribution in [0.4, 0.5) is 0 Å². The van der Waals surface area contributed by atoms with Crippen molar-refractivity contribution in [2.45, 2.75) is 106 Å². The monoisotopic (exact) mass is 601 g/mol. The van der Waals surface area contributed by atoms with E-state index in [1.165, 1.54) is 10.8 Å². The molecule has 10 nitrogen and oxygen atoms in total. The van der Waals surface area contributed by atoms with E-state index in [0.29, 0.717) is 47.5 Å². The molecule has 0 aromatic carbocycles. The van der Waals surface area contributed by atoms with E-state index >= 15 is 0 Å². The molecule has 1 amide bonds. The Balaban J connectivity index is 2.17. The van der Waals surface area contributed by atoms with Crippen molar-refractivity contribution in [3.63, 3.8) is 0 Å². The molecule has 0 bridgehead atoms. The smallest absolute Gasteiger partial charge is 0.0651 e. The number of aromatic amines is 1. The molecule has 9 atom stereocenters. The van der Waals surface area contributed by atoms with Crippen LogP contribution in [0, 0.1) is 42.4 Å². The topological polar surface area (TPSA) is 124 Å². The predicted octanol–water partition coefficient (Wildman–Crippen LogP) is 4.30. The first-order valence-corrected chi connectivity index (χ1v) is 15.3. The molecule has 0 saturated carbocycles. The molecule has 0 spiro atoms. The molecule has 1 aromatic heterocycles. The molecule has 1 fully saturated rings. The summed E-state index contributed by atoms with van der Waals surface area (Å²) in [4.78, 5) is 45.1. The van der Waals surface area contributed by atoms with Crippen LogP contribution in [0.5, 0.6) is 0 Å². The number of carbonyl (C=O) groups excluding carboxylic acids is 1. The first-order valence-electron chi connectivity index (χ1n) is 14.7. The van der Waals surface area contributed by atoms with Gasteiger partial charge in [-0.05, 0) is 11.8 Å². The number of hydrogen-bond donors (Lipinski definition) is 2. The van der Waals surface area contributed by atoms with E-state index in [1.807, 2.05) is 17.2 Å². The summed E-state index contributed by atoms with van der Waals surface area (Å²) in [5, 5.41) is 3.33. The van der Waals surface area contributed by atoms with E-state index in [4.69, 9.17) is 14.3 Å². The van der Waals surface area contributed by atoms with Gasteiger partial charge >= 0.3 is 182 Å². The van der Waals surface area contributed by atoms with Crippen LogP contribution < -0.4 is 16.6 Å². The number of ether oxygens (including phenoxy) is 2. The number of rotatable bonds is 16. The molecule has 1 aromatic rings. The van der Waals surface area contributed by atoms with E-state index < -0.39 is 29.7 Å². The van der Waals surface area contributed by atoms with E-state index in [1.54, 1.807) is 6.92 Å². The minimum absolute atomic E-state index is 0.00941. The van der Waals surface area contributed by atoms with Gasteiger partial charge in [0.25, 0.3) is 0 Å². The molecule has 1 aliphatic rings. The third kappa shape index (κ3) is 8.95. The molecule has 1 saturated heterocycles. The van der Waals surface area contributed by atoms with Crippen LogP contribution in [-0.2, 0) is 36.3 Å². The van der Waals surface area contributed by atoms with E-state index in [-0.39, 0.29) is 25.2 Å². The average molecular weight is 602 g/mol. The maximum atomic E-state index is 13.3. The van der Waals surface area contributed by atoms with E-state index in [9.17, 15) is 14.4 Å². The van der Waals surface area contributed by atoms with Gasteiger partial charge in [0.2, 0.25) is 0 Å². The Morgan fingerprint density at radius 2 is 1.68 bits per heavy atom. The van der Waals surface area contributed by atoms with Crippen molar-refractivity contribution in [1.29, 1.82) is 0 Å². The Kier molecular flexibility index (Phi) is 14.0. The number of H-pyrrole nitrogens is 1. The molecule has 40 heavy (non-hydrogen) atoms. The van der Waals surface area contributed by atoms with Gasteiger partial charge in [-0.25, -0.2) is 0 Å². The van der Waals surface area contributed by atoms with Crippen molar-refractivity contribution in [2.75, 3.05) is 13.2 Å². The summed E-state index contributed by atoms with van der Waals surface area (Å²) >= 11 is 1.98. The second-order valence-corrected chi connectivity index (χ2v) is 12.1.